The van der Waals surface area contributed by atoms with Gasteiger partial charge in [-0.25, -0.2) is 4.58 Å². The first-order valence-corrected chi connectivity index (χ1v) is 8.37. The van der Waals surface area contributed by atoms with Gasteiger partial charge in [0.1, 0.15) is 6.72 Å². The largest absolute Gasteiger partial charge is 0.396 e. The first kappa shape index (κ1) is 22.3. The molecule has 0 bridgehead atoms. The van der Waals surface area contributed by atoms with E-state index in [1.807, 2.05) is 16.9 Å². The molecule has 3 nitrogen and oxygen atoms in total. The molecule has 0 fully saturated rings. The van der Waals surface area contributed by atoms with Crippen molar-refractivity contribution in [3.8, 4) is 0 Å². The molecule has 2 unspecified atom stereocenters. The third-order valence-corrected chi connectivity index (χ3v) is 3.95. The Morgan fingerprint density at radius 2 is 1.88 bits per heavy atom. The molecule has 1 N–H and O–H groups in total. The fourth-order valence-corrected chi connectivity index (χ4v) is 2.49. The molecular weight excluding hydrogens is 298 g/mol. The Balaban J connectivity index is 5.52. The predicted octanol–water partition coefficient (Wildman–Crippen LogP) is 4.27. The topological polar surface area (TPSA) is 32.5 Å². The van der Waals surface area contributed by atoms with E-state index in [1.165, 1.54) is 11.1 Å². The quantitative estimate of drug-likeness (QED) is 0.329. The second-order valence-electron chi connectivity index (χ2n) is 6.23. The molecule has 0 aliphatic rings. The second-order valence-corrected chi connectivity index (χ2v) is 6.23. The third-order valence-electron chi connectivity index (χ3n) is 3.95. The summed E-state index contributed by atoms with van der Waals surface area (Å²) in [5.74, 6) is 0.194. The maximum atomic E-state index is 9.52. The van der Waals surface area contributed by atoms with Gasteiger partial charge in [0.05, 0.1) is 6.61 Å². The Hall–Kier alpha value is -1.71. The summed E-state index contributed by atoms with van der Waals surface area (Å²) in [6.07, 6.45) is 11.3. The lowest BCUT2D eigenvalue weighted by atomic mass is 9.86. The summed E-state index contributed by atoms with van der Waals surface area (Å²) in [5.41, 5.74) is 3.32. The van der Waals surface area contributed by atoms with E-state index in [-0.39, 0.29) is 18.6 Å². The van der Waals surface area contributed by atoms with Crippen molar-refractivity contribution in [1.29, 1.82) is 0 Å². The molecule has 3 heteroatoms. The molecule has 24 heavy (non-hydrogen) atoms. The minimum atomic E-state index is 0.132. The van der Waals surface area contributed by atoms with Gasteiger partial charge in [-0.1, -0.05) is 42.5 Å². The molecule has 0 aliphatic heterocycles. The first-order chi connectivity index (χ1) is 11.4. The Bertz CT molecular complexity index is 508. The zero-order valence-electron chi connectivity index (χ0n) is 15.8. The Morgan fingerprint density at radius 3 is 2.38 bits per heavy atom. The maximum absolute atomic E-state index is 9.52. The van der Waals surface area contributed by atoms with Crippen LogP contribution >= 0.6 is 0 Å². The van der Waals surface area contributed by atoms with Crippen molar-refractivity contribution in [1.82, 2.24) is 0 Å². The number of aliphatic hydroxyl groups excluding tert-OH is 1. The Morgan fingerprint density at radius 1 is 1.21 bits per heavy atom. The zero-order chi connectivity index (χ0) is 18.5. The van der Waals surface area contributed by atoms with Gasteiger partial charge in [0.2, 0.25) is 0 Å². The van der Waals surface area contributed by atoms with E-state index in [0.29, 0.717) is 13.0 Å². The van der Waals surface area contributed by atoms with Crippen molar-refractivity contribution in [2.45, 2.75) is 39.7 Å². The molecule has 0 amide bonds. The molecule has 2 atom stereocenters. The first-order valence-electron chi connectivity index (χ1n) is 8.37. The van der Waals surface area contributed by atoms with Gasteiger partial charge in [0.25, 0.3) is 0 Å². The van der Waals surface area contributed by atoms with Gasteiger partial charge < -0.3 is 9.84 Å². The smallest absolute Gasteiger partial charge is 0.169 e. The van der Waals surface area contributed by atoms with Crippen LogP contribution in [0, 0.1) is 5.92 Å². The molecule has 0 aromatic carbocycles. The lowest BCUT2D eigenvalue weighted by Gasteiger charge is -2.23. The van der Waals surface area contributed by atoms with Crippen molar-refractivity contribution in [3.63, 3.8) is 0 Å². The molecule has 0 saturated carbocycles. The van der Waals surface area contributed by atoms with Gasteiger partial charge in [0.15, 0.2) is 12.2 Å². The monoisotopic (exact) mass is 332 g/mol. The summed E-state index contributed by atoms with van der Waals surface area (Å²) in [5, 5.41) is 9.52. The van der Waals surface area contributed by atoms with E-state index in [2.05, 4.69) is 52.8 Å². The van der Waals surface area contributed by atoms with Gasteiger partial charge >= 0.3 is 0 Å². The van der Waals surface area contributed by atoms with Crippen LogP contribution in [0.2, 0.25) is 0 Å². The van der Waals surface area contributed by atoms with Crippen LogP contribution in [0.25, 0.3) is 0 Å². The number of methoxy groups -OCH3 is 1. The van der Waals surface area contributed by atoms with Crippen molar-refractivity contribution >= 4 is 6.72 Å². The van der Waals surface area contributed by atoms with Crippen molar-refractivity contribution in [2.24, 2.45) is 5.92 Å². The number of ether oxygens (including phenoxy) is 1. The van der Waals surface area contributed by atoms with Crippen LogP contribution in [0.5, 0.6) is 0 Å². The highest BCUT2D eigenvalue weighted by Crippen LogP contribution is 2.24. The van der Waals surface area contributed by atoms with E-state index < -0.39 is 0 Å². The number of aliphatic hydroxyl groups is 1. The summed E-state index contributed by atoms with van der Waals surface area (Å²) in [6, 6.07) is 0.132. The zero-order valence-corrected chi connectivity index (χ0v) is 15.8. The predicted molar refractivity (Wildman–Crippen MR) is 105 cm³/mol. The highest BCUT2D eigenvalue weighted by atomic mass is 16.5. The van der Waals surface area contributed by atoms with Crippen LogP contribution in [-0.4, -0.2) is 42.8 Å². The van der Waals surface area contributed by atoms with E-state index >= 15 is 0 Å². The average molecular weight is 333 g/mol. The van der Waals surface area contributed by atoms with Crippen LogP contribution in [0.4, 0.5) is 0 Å². The van der Waals surface area contributed by atoms with Crippen molar-refractivity contribution in [2.75, 3.05) is 20.3 Å². The number of allylic oxidation sites excluding steroid dienone is 6. The highest BCUT2D eigenvalue weighted by molar-refractivity contribution is 5.25. The standard InChI is InChI=1S/C21H34NO2/c1-8-18(4)11-14-22(6)21(13-16-24-7)20(12-15-23)19(5)10-9-17(2)3/h8-11,14,20-21,23H,1,4,6,12-13,15-16H2,2-3,5,7H3/q+1/b14-11-,19-10?. The van der Waals surface area contributed by atoms with Gasteiger partial charge in [0, 0.05) is 32.1 Å². The number of rotatable bonds is 12. The SMILES string of the molecule is C=CC(=C)/C=C\[N+](=C)C(CCOC)C(CCO)C(C)=CC=C(C)C. The Labute approximate surface area is 148 Å². The summed E-state index contributed by atoms with van der Waals surface area (Å²) in [7, 11) is 1.70. The normalized spacial score (nSPS) is 14.3. The van der Waals surface area contributed by atoms with E-state index in [9.17, 15) is 5.11 Å². The van der Waals surface area contributed by atoms with Crippen molar-refractivity contribution < 1.29 is 14.4 Å². The van der Waals surface area contributed by atoms with E-state index in [4.69, 9.17) is 4.74 Å². The Kier molecular flexibility index (Phi) is 11.8. The fourth-order valence-electron chi connectivity index (χ4n) is 2.49. The van der Waals surface area contributed by atoms with Gasteiger partial charge in [-0.15, -0.1) is 0 Å². The van der Waals surface area contributed by atoms with E-state index in [0.717, 1.165) is 12.0 Å². The van der Waals surface area contributed by atoms with Crippen LogP contribution < -0.4 is 0 Å². The molecule has 0 rings (SSSR count). The van der Waals surface area contributed by atoms with Crippen LogP contribution in [0.15, 0.2) is 60.4 Å². The molecule has 0 heterocycles. The summed E-state index contributed by atoms with van der Waals surface area (Å²) in [4.78, 5) is 0. The minimum absolute atomic E-state index is 0.132. The van der Waals surface area contributed by atoms with Crippen LogP contribution in [0.3, 0.4) is 0 Å². The summed E-state index contributed by atoms with van der Waals surface area (Å²) >= 11 is 0. The molecule has 0 radical (unpaired) electrons. The maximum Gasteiger partial charge on any atom is 0.169 e. The van der Waals surface area contributed by atoms with Gasteiger partial charge in [-0.2, -0.15) is 0 Å². The summed E-state index contributed by atoms with van der Waals surface area (Å²) < 4.78 is 7.21. The highest BCUT2D eigenvalue weighted by Gasteiger charge is 2.29. The van der Waals surface area contributed by atoms with Crippen LogP contribution in [-0.2, 0) is 4.74 Å². The molecular formula is C21H34NO2+. The third kappa shape index (κ3) is 8.80. The van der Waals surface area contributed by atoms with Gasteiger partial charge in [-0.05, 0) is 32.8 Å². The average Bonchev–Trinajstić information content (AvgIpc) is 2.56. The molecule has 0 saturated heterocycles. The molecule has 0 aromatic rings. The molecule has 134 valence electrons. The molecule has 0 aliphatic carbocycles. The van der Waals surface area contributed by atoms with Crippen LogP contribution in [0.1, 0.15) is 33.6 Å². The minimum Gasteiger partial charge on any atom is -0.396 e. The lowest BCUT2D eigenvalue weighted by molar-refractivity contribution is -0.502. The van der Waals surface area contributed by atoms with E-state index in [1.54, 1.807) is 13.2 Å². The second kappa shape index (κ2) is 12.7. The number of hydrogen-bond acceptors (Lipinski definition) is 2. The molecule has 0 aromatic heterocycles. The number of nitrogens with zero attached hydrogens (tertiary/aromatic N) is 1. The van der Waals surface area contributed by atoms with Crippen molar-refractivity contribution in [3.05, 3.63) is 60.4 Å². The lowest BCUT2D eigenvalue weighted by Crippen LogP contribution is -2.33. The molecule has 0 spiro atoms. The summed E-state index contributed by atoms with van der Waals surface area (Å²) in [6.45, 7) is 18.8. The number of hydrogen-bond donors (Lipinski definition) is 1. The fraction of sp³-hybridized carbons (Fsp3) is 0.476. The van der Waals surface area contributed by atoms with Gasteiger partial charge in [-0.3, -0.25) is 0 Å².